The summed E-state index contributed by atoms with van der Waals surface area (Å²) in [6.07, 6.45) is 6.09. The van der Waals surface area contributed by atoms with E-state index in [0.29, 0.717) is 18.7 Å². The highest BCUT2D eigenvalue weighted by molar-refractivity contribution is 5.87. The molecule has 0 amide bonds. The molecule has 0 saturated carbocycles. The van der Waals surface area contributed by atoms with Gasteiger partial charge in [0.1, 0.15) is 5.82 Å². The lowest BCUT2D eigenvalue weighted by Gasteiger charge is -2.33. The fourth-order valence-electron chi connectivity index (χ4n) is 3.74. The van der Waals surface area contributed by atoms with Gasteiger partial charge < -0.3 is 15.0 Å². The summed E-state index contributed by atoms with van der Waals surface area (Å²) in [7, 11) is 0. The Morgan fingerprint density at radius 3 is 2.90 bits per heavy atom. The average Bonchev–Trinajstić information content (AvgIpc) is 2.72. The van der Waals surface area contributed by atoms with Crippen molar-refractivity contribution in [3.05, 3.63) is 65.0 Å². The predicted octanol–water partition coefficient (Wildman–Crippen LogP) is 5.18. The number of carbonyl (C=O) groups is 1. The van der Waals surface area contributed by atoms with Crippen LogP contribution in [0.2, 0.25) is 0 Å². The zero-order valence-corrected chi connectivity index (χ0v) is 17.2. The van der Waals surface area contributed by atoms with Crippen molar-refractivity contribution >= 4 is 23.4 Å². The first-order valence-corrected chi connectivity index (χ1v) is 10.4. The van der Waals surface area contributed by atoms with E-state index < -0.39 is 5.97 Å². The highest BCUT2D eigenvalue weighted by Gasteiger charge is 2.19. The number of hydrogen-bond donors (Lipinski definition) is 1. The SMILES string of the molecule is CCCN1CCCc2cccc(NCc3ccc(C=CC(=O)OCC)c(F)c3)c21. The van der Waals surface area contributed by atoms with Gasteiger partial charge in [0.25, 0.3) is 0 Å². The Hall–Kier alpha value is -2.82. The van der Waals surface area contributed by atoms with Gasteiger partial charge in [-0.3, -0.25) is 0 Å². The summed E-state index contributed by atoms with van der Waals surface area (Å²) in [5, 5.41) is 3.49. The van der Waals surface area contributed by atoms with E-state index in [1.54, 1.807) is 13.0 Å². The molecule has 5 heteroatoms. The van der Waals surface area contributed by atoms with Gasteiger partial charge >= 0.3 is 5.97 Å². The first kappa shape index (κ1) is 20.9. The van der Waals surface area contributed by atoms with Gasteiger partial charge in [0.15, 0.2) is 0 Å². The summed E-state index contributed by atoms with van der Waals surface area (Å²) < 4.78 is 19.2. The molecule has 1 heterocycles. The second-order valence-electron chi connectivity index (χ2n) is 7.20. The molecule has 0 bridgehead atoms. The summed E-state index contributed by atoms with van der Waals surface area (Å²) in [6.45, 7) is 6.90. The Morgan fingerprint density at radius 2 is 2.14 bits per heavy atom. The Labute approximate surface area is 172 Å². The van der Waals surface area contributed by atoms with E-state index in [2.05, 4.69) is 35.3 Å². The number of esters is 1. The van der Waals surface area contributed by atoms with E-state index in [9.17, 15) is 9.18 Å². The number of carbonyl (C=O) groups excluding carboxylic acids is 1. The largest absolute Gasteiger partial charge is 0.463 e. The van der Waals surface area contributed by atoms with E-state index in [1.165, 1.54) is 35.9 Å². The molecule has 0 unspecified atom stereocenters. The van der Waals surface area contributed by atoms with Crippen LogP contribution < -0.4 is 10.2 Å². The van der Waals surface area contributed by atoms with Crippen LogP contribution in [0.25, 0.3) is 6.08 Å². The molecular weight excluding hydrogens is 367 g/mol. The average molecular weight is 397 g/mol. The number of fused-ring (bicyclic) bond motifs is 1. The van der Waals surface area contributed by atoms with Crippen LogP contribution in [-0.4, -0.2) is 25.7 Å². The van der Waals surface area contributed by atoms with Crippen LogP contribution in [0.4, 0.5) is 15.8 Å². The maximum absolute atomic E-state index is 14.4. The van der Waals surface area contributed by atoms with Gasteiger partial charge in [-0.05, 0) is 55.5 Å². The van der Waals surface area contributed by atoms with Crippen molar-refractivity contribution in [3.8, 4) is 0 Å². The Balaban J connectivity index is 1.71. The van der Waals surface area contributed by atoms with Gasteiger partial charge in [-0.2, -0.15) is 0 Å². The van der Waals surface area contributed by atoms with Crippen LogP contribution in [0.3, 0.4) is 0 Å². The monoisotopic (exact) mass is 396 g/mol. The van der Waals surface area contributed by atoms with E-state index in [1.807, 2.05) is 6.07 Å². The first-order chi connectivity index (χ1) is 14.1. The molecule has 3 rings (SSSR count). The van der Waals surface area contributed by atoms with Crippen LogP contribution in [0.5, 0.6) is 0 Å². The number of nitrogens with zero attached hydrogens (tertiary/aromatic N) is 1. The minimum absolute atomic E-state index is 0.301. The fourth-order valence-corrected chi connectivity index (χ4v) is 3.74. The molecule has 0 radical (unpaired) electrons. The van der Waals surface area contributed by atoms with Crippen molar-refractivity contribution in [1.82, 2.24) is 0 Å². The zero-order chi connectivity index (χ0) is 20.6. The zero-order valence-electron chi connectivity index (χ0n) is 17.2. The maximum Gasteiger partial charge on any atom is 0.330 e. The predicted molar refractivity (Wildman–Crippen MR) is 117 cm³/mol. The van der Waals surface area contributed by atoms with Crippen molar-refractivity contribution in [1.29, 1.82) is 0 Å². The molecule has 29 heavy (non-hydrogen) atoms. The summed E-state index contributed by atoms with van der Waals surface area (Å²) in [6, 6.07) is 11.5. The van der Waals surface area contributed by atoms with Gasteiger partial charge in [0.05, 0.1) is 18.0 Å². The molecule has 154 valence electrons. The van der Waals surface area contributed by atoms with Gasteiger partial charge in [-0.25, -0.2) is 9.18 Å². The second-order valence-corrected chi connectivity index (χ2v) is 7.20. The molecule has 2 aromatic rings. The molecular formula is C24H29FN2O2. The number of rotatable bonds is 8. The summed E-state index contributed by atoms with van der Waals surface area (Å²) in [5.41, 5.74) is 4.98. The molecule has 1 N–H and O–H groups in total. The molecule has 0 atom stereocenters. The third kappa shape index (κ3) is 5.37. The van der Waals surface area contributed by atoms with Crippen LogP contribution in [0.15, 0.2) is 42.5 Å². The summed E-state index contributed by atoms with van der Waals surface area (Å²) >= 11 is 0. The van der Waals surface area contributed by atoms with Gasteiger partial charge in [0.2, 0.25) is 0 Å². The second kappa shape index (κ2) is 10.1. The summed E-state index contributed by atoms with van der Waals surface area (Å²) in [4.78, 5) is 13.8. The first-order valence-electron chi connectivity index (χ1n) is 10.4. The minimum atomic E-state index is -0.469. The fraction of sp³-hybridized carbons (Fsp3) is 0.375. The minimum Gasteiger partial charge on any atom is -0.463 e. The molecule has 0 aliphatic carbocycles. The number of para-hydroxylation sites is 1. The standard InChI is InChI=1S/C24H29FN2O2/c1-3-14-27-15-6-8-20-7-5-9-22(24(20)27)26-17-18-10-11-19(21(25)16-18)12-13-23(28)29-4-2/h5,7,9-13,16,26H,3-4,6,8,14-15,17H2,1-2H3. The van der Waals surface area contributed by atoms with Crippen LogP contribution in [-0.2, 0) is 22.5 Å². The number of benzene rings is 2. The van der Waals surface area contributed by atoms with Gasteiger partial charge in [0, 0.05) is 31.3 Å². The Kier molecular flexibility index (Phi) is 7.28. The normalized spacial score (nSPS) is 13.4. The molecule has 0 fully saturated rings. The van der Waals surface area contributed by atoms with Gasteiger partial charge in [-0.1, -0.05) is 31.2 Å². The molecule has 0 saturated heterocycles. The number of anilines is 2. The van der Waals surface area contributed by atoms with Crippen LogP contribution in [0.1, 0.15) is 43.4 Å². The number of nitrogens with one attached hydrogen (secondary N) is 1. The third-order valence-corrected chi connectivity index (χ3v) is 5.04. The molecule has 0 aromatic heterocycles. The maximum atomic E-state index is 14.4. The van der Waals surface area contributed by atoms with E-state index in [-0.39, 0.29) is 5.82 Å². The van der Waals surface area contributed by atoms with E-state index in [0.717, 1.165) is 37.2 Å². The van der Waals surface area contributed by atoms with Crippen molar-refractivity contribution in [2.24, 2.45) is 0 Å². The number of halogens is 1. The van der Waals surface area contributed by atoms with Crippen molar-refractivity contribution in [3.63, 3.8) is 0 Å². The van der Waals surface area contributed by atoms with Crippen molar-refractivity contribution in [2.75, 3.05) is 29.9 Å². The Morgan fingerprint density at radius 1 is 1.28 bits per heavy atom. The lowest BCUT2D eigenvalue weighted by atomic mass is 10.00. The topological polar surface area (TPSA) is 41.6 Å². The quantitative estimate of drug-likeness (QED) is 0.493. The van der Waals surface area contributed by atoms with E-state index >= 15 is 0 Å². The lowest BCUT2D eigenvalue weighted by molar-refractivity contribution is -0.137. The highest BCUT2D eigenvalue weighted by atomic mass is 19.1. The summed E-state index contributed by atoms with van der Waals surface area (Å²) in [5.74, 6) is -0.823. The molecule has 1 aliphatic heterocycles. The molecule has 4 nitrogen and oxygen atoms in total. The van der Waals surface area contributed by atoms with Crippen molar-refractivity contribution < 1.29 is 13.9 Å². The van der Waals surface area contributed by atoms with Crippen molar-refractivity contribution in [2.45, 2.75) is 39.7 Å². The number of hydrogen-bond acceptors (Lipinski definition) is 4. The van der Waals surface area contributed by atoms with E-state index in [4.69, 9.17) is 4.74 Å². The number of ether oxygens (including phenoxy) is 1. The molecule has 2 aromatic carbocycles. The molecule has 0 spiro atoms. The Bertz CT molecular complexity index is 879. The molecule has 1 aliphatic rings. The van der Waals surface area contributed by atoms with Gasteiger partial charge in [-0.15, -0.1) is 0 Å². The number of aryl methyl sites for hydroxylation is 1. The highest BCUT2D eigenvalue weighted by Crippen LogP contribution is 2.35. The van der Waals surface area contributed by atoms with Crippen LogP contribution in [0, 0.1) is 5.82 Å². The lowest BCUT2D eigenvalue weighted by Crippen LogP contribution is -2.30. The van der Waals surface area contributed by atoms with Crippen LogP contribution >= 0.6 is 0 Å². The smallest absolute Gasteiger partial charge is 0.330 e. The third-order valence-electron chi connectivity index (χ3n) is 5.04.